The van der Waals surface area contributed by atoms with Gasteiger partial charge in [-0.1, -0.05) is 0 Å². The maximum Gasteiger partial charge on any atom is 0.223 e. The number of fused-ring (bicyclic) bond motifs is 3. The summed E-state index contributed by atoms with van der Waals surface area (Å²) >= 11 is 0. The van der Waals surface area contributed by atoms with Crippen LogP contribution in [0.3, 0.4) is 0 Å². The lowest BCUT2D eigenvalue weighted by Gasteiger charge is -2.33. The minimum Gasteiger partial charge on any atom is -0.494 e. The van der Waals surface area contributed by atoms with Crippen molar-refractivity contribution >= 4 is 28.2 Å². The number of rotatable bonds is 5. The molecule has 1 unspecified atom stereocenters. The van der Waals surface area contributed by atoms with Crippen LogP contribution in [-0.4, -0.2) is 60.3 Å². The number of hydrogen-bond donors (Lipinski definition) is 2. The molecule has 1 aliphatic rings. The van der Waals surface area contributed by atoms with E-state index < -0.39 is 11.4 Å². The van der Waals surface area contributed by atoms with Crippen molar-refractivity contribution in [1.82, 2.24) is 29.4 Å². The molecule has 3 N–H and O–H groups in total. The lowest BCUT2D eigenvalue weighted by molar-refractivity contribution is 0.0571. The summed E-state index contributed by atoms with van der Waals surface area (Å²) in [5, 5.41) is 19.8. The van der Waals surface area contributed by atoms with E-state index in [-0.39, 0.29) is 11.9 Å². The minimum atomic E-state index is -0.849. The number of ether oxygens (including phenoxy) is 1. The molecule has 0 spiro atoms. The quantitative estimate of drug-likeness (QED) is 0.459. The summed E-state index contributed by atoms with van der Waals surface area (Å²) in [6.07, 6.45) is 3.74. The monoisotopic (exact) mass is 468 g/mol. The summed E-state index contributed by atoms with van der Waals surface area (Å²) in [7, 11) is 1.47. The summed E-state index contributed by atoms with van der Waals surface area (Å²) < 4.78 is 22.8. The van der Waals surface area contributed by atoms with Crippen molar-refractivity contribution in [3.8, 4) is 5.75 Å². The molecule has 1 atom stereocenters. The van der Waals surface area contributed by atoms with Crippen LogP contribution in [0.25, 0.3) is 16.6 Å². The number of benzene rings is 1. The third kappa shape index (κ3) is 3.89. The highest BCUT2D eigenvalue weighted by molar-refractivity contribution is 5.95. The molecule has 1 aliphatic heterocycles. The first-order valence-electron chi connectivity index (χ1n) is 11.3. The van der Waals surface area contributed by atoms with Crippen LogP contribution in [0.5, 0.6) is 5.75 Å². The number of methoxy groups -OCH3 is 1. The molecule has 5 rings (SSSR count). The van der Waals surface area contributed by atoms with Crippen molar-refractivity contribution < 1.29 is 14.2 Å². The summed E-state index contributed by atoms with van der Waals surface area (Å²) in [6, 6.07) is 2.66. The Hall–Kier alpha value is -3.47. The molecule has 1 saturated heterocycles. The fourth-order valence-corrected chi connectivity index (χ4v) is 4.69. The number of aliphatic hydroxyl groups is 1. The van der Waals surface area contributed by atoms with E-state index in [1.807, 2.05) is 17.8 Å². The van der Waals surface area contributed by atoms with Gasteiger partial charge in [-0.3, -0.25) is 4.68 Å². The van der Waals surface area contributed by atoms with Crippen molar-refractivity contribution in [1.29, 1.82) is 0 Å². The van der Waals surface area contributed by atoms with Gasteiger partial charge in [-0.2, -0.15) is 9.61 Å². The van der Waals surface area contributed by atoms with Crippen molar-refractivity contribution in [3.63, 3.8) is 0 Å². The van der Waals surface area contributed by atoms with E-state index in [2.05, 4.69) is 20.1 Å². The second-order valence-electron chi connectivity index (χ2n) is 9.55. The first-order chi connectivity index (χ1) is 16.1. The Balaban J connectivity index is 1.49. The largest absolute Gasteiger partial charge is 0.494 e. The van der Waals surface area contributed by atoms with Gasteiger partial charge in [0.05, 0.1) is 42.2 Å². The van der Waals surface area contributed by atoms with Gasteiger partial charge >= 0.3 is 0 Å². The number of piperidine rings is 1. The molecule has 10 nitrogen and oxygen atoms in total. The maximum absolute atomic E-state index is 14.2. The average Bonchev–Trinajstić information content (AvgIpc) is 3.38. The van der Waals surface area contributed by atoms with Crippen molar-refractivity contribution in [2.45, 2.75) is 51.7 Å². The normalized spacial score (nSPS) is 17.1. The topological polar surface area (TPSA) is 120 Å². The van der Waals surface area contributed by atoms with E-state index in [0.29, 0.717) is 34.7 Å². The Morgan fingerprint density at radius 2 is 2.09 bits per heavy atom. The second kappa shape index (κ2) is 8.08. The van der Waals surface area contributed by atoms with Gasteiger partial charge < -0.3 is 20.5 Å². The molecule has 34 heavy (non-hydrogen) atoms. The average molecular weight is 469 g/mol. The molecular weight excluding hydrogens is 439 g/mol. The molecule has 1 fully saturated rings. The molecule has 3 aromatic heterocycles. The standard InChI is InChI=1S/C23H29FN8O2/c1-13-17(10-26-31(13)12-23(2,3)33)30-7-5-6-14(11-30)20-28-21-16-8-15(24)9-18(34-4)19(16)27-22(25)32(21)29-20/h8-10,14,33H,5-7,11-12H2,1-4H3,(H2,25,27). The molecule has 0 saturated carbocycles. The third-order valence-corrected chi connectivity index (χ3v) is 6.31. The molecule has 1 aromatic carbocycles. The number of halogens is 1. The number of aromatic nitrogens is 6. The van der Waals surface area contributed by atoms with Gasteiger partial charge in [0, 0.05) is 25.1 Å². The number of nitrogens with two attached hydrogens (primary N) is 1. The molecule has 0 bridgehead atoms. The SMILES string of the molecule is COc1cc(F)cc2c1nc(N)n1nc(C3CCCN(c4cnn(CC(C)(C)O)c4C)C3)nc21. The number of anilines is 2. The third-order valence-electron chi connectivity index (χ3n) is 6.31. The van der Waals surface area contributed by atoms with Gasteiger partial charge in [-0.15, -0.1) is 5.10 Å². The Morgan fingerprint density at radius 3 is 2.82 bits per heavy atom. The van der Waals surface area contributed by atoms with Crippen LogP contribution in [0.4, 0.5) is 16.0 Å². The number of hydrogen-bond acceptors (Lipinski definition) is 8. The molecule has 4 aromatic rings. The Labute approximate surface area is 196 Å². The highest BCUT2D eigenvalue weighted by atomic mass is 19.1. The minimum absolute atomic E-state index is 0.0654. The lowest BCUT2D eigenvalue weighted by Crippen LogP contribution is -2.35. The molecule has 180 valence electrons. The zero-order valence-corrected chi connectivity index (χ0v) is 19.8. The second-order valence-corrected chi connectivity index (χ2v) is 9.55. The van der Waals surface area contributed by atoms with E-state index in [1.54, 1.807) is 13.8 Å². The first kappa shape index (κ1) is 22.3. The number of nitrogen functional groups attached to an aromatic ring is 1. The van der Waals surface area contributed by atoms with Gasteiger partial charge in [0.2, 0.25) is 5.95 Å². The highest BCUT2D eigenvalue weighted by Gasteiger charge is 2.28. The van der Waals surface area contributed by atoms with Crippen LogP contribution >= 0.6 is 0 Å². The summed E-state index contributed by atoms with van der Waals surface area (Å²) in [5.41, 5.74) is 8.28. The van der Waals surface area contributed by atoms with E-state index >= 15 is 0 Å². The zero-order valence-electron chi connectivity index (χ0n) is 19.8. The predicted molar refractivity (Wildman–Crippen MR) is 127 cm³/mol. The Bertz CT molecular complexity index is 1370. The molecular formula is C23H29FN8O2. The number of nitrogens with zero attached hydrogens (tertiary/aromatic N) is 7. The van der Waals surface area contributed by atoms with Crippen LogP contribution in [0.15, 0.2) is 18.3 Å². The van der Waals surface area contributed by atoms with E-state index in [9.17, 15) is 9.50 Å². The van der Waals surface area contributed by atoms with Crippen molar-refractivity contribution in [3.05, 3.63) is 35.7 Å². The van der Waals surface area contributed by atoms with E-state index in [0.717, 1.165) is 37.3 Å². The fraction of sp³-hybridized carbons (Fsp3) is 0.478. The van der Waals surface area contributed by atoms with Gasteiger partial charge in [-0.25, -0.2) is 14.4 Å². The molecule has 0 aliphatic carbocycles. The zero-order chi connectivity index (χ0) is 24.2. The van der Waals surface area contributed by atoms with Crippen molar-refractivity contribution in [2.75, 3.05) is 30.8 Å². The summed E-state index contributed by atoms with van der Waals surface area (Å²) in [4.78, 5) is 11.4. The van der Waals surface area contributed by atoms with Crippen LogP contribution in [0.2, 0.25) is 0 Å². The predicted octanol–water partition coefficient (Wildman–Crippen LogP) is 2.67. The van der Waals surface area contributed by atoms with Crippen LogP contribution in [0, 0.1) is 12.7 Å². The van der Waals surface area contributed by atoms with Crippen LogP contribution in [-0.2, 0) is 6.54 Å². The van der Waals surface area contributed by atoms with Crippen molar-refractivity contribution in [2.24, 2.45) is 0 Å². The summed E-state index contributed by atoms with van der Waals surface area (Å²) in [6.45, 7) is 7.59. The first-order valence-corrected chi connectivity index (χ1v) is 11.3. The maximum atomic E-state index is 14.2. The van der Waals surface area contributed by atoms with Gasteiger partial charge in [0.25, 0.3) is 0 Å². The molecule has 0 radical (unpaired) electrons. The molecule has 0 amide bonds. The van der Waals surface area contributed by atoms with Gasteiger partial charge in [0.15, 0.2) is 11.5 Å². The Morgan fingerprint density at radius 1 is 1.29 bits per heavy atom. The highest BCUT2D eigenvalue weighted by Crippen LogP contribution is 2.33. The van der Waals surface area contributed by atoms with Gasteiger partial charge in [-0.05, 0) is 39.7 Å². The smallest absolute Gasteiger partial charge is 0.223 e. The lowest BCUT2D eigenvalue weighted by atomic mass is 9.97. The summed E-state index contributed by atoms with van der Waals surface area (Å²) in [5.74, 6) is 0.745. The van der Waals surface area contributed by atoms with E-state index in [1.165, 1.54) is 23.8 Å². The van der Waals surface area contributed by atoms with Crippen LogP contribution < -0.4 is 15.4 Å². The molecule has 11 heteroatoms. The van der Waals surface area contributed by atoms with Gasteiger partial charge in [0.1, 0.15) is 17.1 Å². The Kier molecular flexibility index (Phi) is 5.31. The van der Waals surface area contributed by atoms with E-state index in [4.69, 9.17) is 15.5 Å². The molecule has 4 heterocycles. The fourth-order valence-electron chi connectivity index (χ4n) is 4.69. The van der Waals surface area contributed by atoms with Crippen LogP contribution in [0.1, 0.15) is 44.1 Å².